The number of para-hydroxylation sites is 1. The minimum Gasteiger partial charge on any atom is -0.256 e. The topological polar surface area (TPSA) is 12.9 Å². The molecule has 0 aliphatic carbocycles. The van der Waals surface area contributed by atoms with Crippen LogP contribution in [0.2, 0.25) is 0 Å². The number of aryl methyl sites for hydroxylation is 1. The summed E-state index contributed by atoms with van der Waals surface area (Å²) in [7, 11) is 0. The van der Waals surface area contributed by atoms with Crippen molar-refractivity contribution in [2.75, 3.05) is 0 Å². The highest BCUT2D eigenvalue weighted by atomic mass is 35.5. The van der Waals surface area contributed by atoms with E-state index < -0.39 is 0 Å². The van der Waals surface area contributed by atoms with Crippen LogP contribution in [0.5, 0.6) is 0 Å². The average Bonchev–Trinajstić information content (AvgIpc) is 2.38. The molecular formula is C16H20ClN. The maximum Gasteiger partial charge on any atom is 0.0704 e. The van der Waals surface area contributed by atoms with Gasteiger partial charge in [0, 0.05) is 17.0 Å². The first-order chi connectivity index (χ1) is 8.68. The lowest BCUT2D eigenvalue weighted by Gasteiger charge is -2.13. The van der Waals surface area contributed by atoms with Gasteiger partial charge in [-0.1, -0.05) is 32.0 Å². The fourth-order valence-corrected chi connectivity index (χ4v) is 2.35. The summed E-state index contributed by atoms with van der Waals surface area (Å²) in [4.78, 5) is 4.39. The Labute approximate surface area is 114 Å². The molecule has 2 rings (SSSR count). The number of benzene rings is 1. The van der Waals surface area contributed by atoms with Crippen LogP contribution >= 0.6 is 11.6 Å². The van der Waals surface area contributed by atoms with E-state index in [2.05, 4.69) is 43.1 Å². The summed E-state index contributed by atoms with van der Waals surface area (Å²) in [5.74, 6) is 0.556. The Kier molecular flexibility index (Phi) is 4.60. The molecule has 1 aromatic carbocycles. The van der Waals surface area contributed by atoms with Crippen molar-refractivity contribution in [3.05, 3.63) is 42.1 Å². The van der Waals surface area contributed by atoms with Gasteiger partial charge < -0.3 is 0 Å². The first-order valence-electron chi connectivity index (χ1n) is 6.65. The summed E-state index contributed by atoms with van der Waals surface area (Å²) >= 11 is 6.29. The van der Waals surface area contributed by atoms with E-state index in [1.165, 1.54) is 10.9 Å². The first-order valence-corrected chi connectivity index (χ1v) is 7.09. The van der Waals surface area contributed by atoms with Crippen LogP contribution in [-0.4, -0.2) is 10.4 Å². The Hall–Kier alpha value is -1.08. The predicted octanol–water partition coefficient (Wildman–Crippen LogP) is 4.82. The molecule has 0 amide bonds. The molecule has 96 valence electrons. The number of fused-ring (bicyclic) bond motifs is 1. The molecule has 1 atom stereocenters. The van der Waals surface area contributed by atoms with Gasteiger partial charge in [0.05, 0.1) is 5.52 Å². The molecule has 0 saturated carbocycles. The van der Waals surface area contributed by atoms with Crippen molar-refractivity contribution in [3.63, 3.8) is 0 Å². The monoisotopic (exact) mass is 261 g/mol. The molecule has 0 radical (unpaired) electrons. The summed E-state index contributed by atoms with van der Waals surface area (Å²) in [5.41, 5.74) is 2.47. The Balaban J connectivity index is 2.04. The second-order valence-corrected chi connectivity index (χ2v) is 5.70. The van der Waals surface area contributed by atoms with Crippen molar-refractivity contribution < 1.29 is 0 Å². The van der Waals surface area contributed by atoms with Crippen LogP contribution in [0.1, 0.15) is 32.3 Å². The predicted molar refractivity (Wildman–Crippen MR) is 79.2 cm³/mol. The molecular weight excluding hydrogens is 242 g/mol. The lowest BCUT2D eigenvalue weighted by molar-refractivity contribution is 0.547. The zero-order valence-corrected chi connectivity index (χ0v) is 11.8. The van der Waals surface area contributed by atoms with Gasteiger partial charge in [-0.05, 0) is 42.9 Å². The van der Waals surface area contributed by atoms with E-state index in [-0.39, 0.29) is 5.38 Å². The van der Waals surface area contributed by atoms with Crippen molar-refractivity contribution in [2.24, 2.45) is 5.92 Å². The van der Waals surface area contributed by atoms with Crippen LogP contribution in [0.15, 0.2) is 36.5 Å². The van der Waals surface area contributed by atoms with E-state index in [4.69, 9.17) is 11.6 Å². The third-order valence-electron chi connectivity index (χ3n) is 3.39. The van der Waals surface area contributed by atoms with Crippen LogP contribution in [0, 0.1) is 5.92 Å². The number of rotatable bonds is 5. The van der Waals surface area contributed by atoms with Gasteiger partial charge in [-0.2, -0.15) is 0 Å². The van der Waals surface area contributed by atoms with Gasteiger partial charge in [-0.25, -0.2) is 0 Å². The van der Waals surface area contributed by atoms with Crippen LogP contribution in [0.25, 0.3) is 10.9 Å². The third kappa shape index (κ3) is 3.23. The minimum atomic E-state index is 0.290. The van der Waals surface area contributed by atoms with Crippen molar-refractivity contribution in [1.29, 1.82) is 0 Å². The fourth-order valence-electron chi connectivity index (χ4n) is 2.19. The van der Waals surface area contributed by atoms with E-state index in [0.717, 1.165) is 24.8 Å². The third-order valence-corrected chi connectivity index (χ3v) is 4.11. The maximum atomic E-state index is 6.29. The molecule has 2 heteroatoms. The highest BCUT2D eigenvalue weighted by Gasteiger charge is 2.09. The summed E-state index contributed by atoms with van der Waals surface area (Å²) in [5, 5.41) is 1.56. The van der Waals surface area contributed by atoms with Gasteiger partial charge >= 0.3 is 0 Å². The molecule has 0 bridgehead atoms. The number of halogens is 1. The maximum absolute atomic E-state index is 6.29. The minimum absolute atomic E-state index is 0.290. The molecule has 0 spiro atoms. The summed E-state index contributed by atoms with van der Waals surface area (Å²) in [6, 6.07) is 10.5. The van der Waals surface area contributed by atoms with Gasteiger partial charge in [0.25, 0.3) is 0 Å². The zero-order chi connectivity index (χ0) is 13.0. The number of aromatic nitrogens is 1. The van der Waals surface area contributed by atoms with Crippen LogP contribution in [0.4, 0.5) is 0 Å². The van der Waals surface area contributed by atoms with E-state index in [1.807, 2.05) is 12.3 Å². The molecule has 1 unspecified atom stereocenters. The van der Waals surface area contributed by atoms with E-state index in [1.54, 1.807) is 0 Å². The second-order valence-electron chi connectivity index (χ2n) is 5.14. The standard InChI is InChI=1S/C16H20ClN/c1-12(2)15(17)8-5-6-13-10-11-18-16-9-4-3-7-14(13)16/h3-4,7,9-12,15H,5-6,8H2,1-2H3. The molecule has 1 aromatic heterocycles. The first kappa shape index (κ1) is 13.4. The van der Waals surface area contributed by atoms with E-state index >= 15 is 0 Å². The molecule has 1 heterocycles. The molecule has 0 fully saturated rings. The molecule has 0 aliphatic rings. The molecule has 0 saturated heterocycles. The molecule has 18 heavy (non-hydrogen) atoms. The highest BCUT2D eigenvalue weighted by Crippen LogP contribution is 2.21. The van der Waals surface area contributed by atoms with Gasteiger partial charge in [0.1, 0.15) is 0 Å². The van der Waals surface area contributed by atoms with E-state index in [0.29, 0.717) is 5.92 Å². The van der Waals surface area contributed by atoms with Crippen molar-refractivity contribution in [2.45, 2.75) is 38.5 Å². The van der Waals surface area contributed by atoms with Crippen molar-refractivity contribution in [3.8, 4) is 0 Å². The largest absolute Gasteiger partial charge is 0.256 e. The summed E-state index contributed by atoms with van der Waals surface area (Å²) in [6.07, 6.45) is 5.20. The lowest BCUT2D eigenvalue weighted by Crippen LogP contribution is -2.07. The fraction of sp³-hybridized carbons (Fsp3) is 0.438. The Morgan fingerprint density at radius 1 is 1.17 bits per heavy atom. The smallest absolute Gasteiger partial charge is 0.0704 e. The number of nitrogens with zero attached hydrogens (tertiary/aromatic N) is 1. The van der Waals surface area contributed by atoms with Crippen LogP contribution in [-0.2, 0) is 6.42 Å². The quantitative estimate of drug-likeness (QED) is 0.703. The Morgan fingerprint density at radius 3 is 2.72 bits per heavy atom. The SMILES string of the molecule is CC(C)C(Cl)CCCc1ccnc2ccccc12. The van der Waals surface area contributed by atoms with Crippen LogP contribution in [0.3, 0.4) is 0 Å². The number of hydrogen-bond acceptors (Lipinski definition) is 1. The highest BCUT2D eigenvalue weighted by molar-refractivity contribution is 6.20. The zero-order valence-electron chi connectivity index (χ0n) is 11.1. The lowest BCUT2D eigenvalue weighted by atomic mass is 10.00. The average molecular weight is 262 g/mol. The van der Waals surface area contributed by atoms with E-state index in [9.17, 15) is 0 Å². The van der Waals surface area contributed by atoms with Gasteiger partial charge in [0.2, 0.25) is 0 Å². The molecule has 0 aliphatic heterocycles. The molecule has 1 nitrogen and oxygen atoms in total. The van der Waals surface area contributed by atoms with Crippen molar-refractivity contribution in [1.82, 2.24) is 4.98 Å². The van der Waals surface area contributed by atoms with Gasteiger partial charge in [-0.15, -0.1) is 11.6 Å². The Bertz CT molecular complexity index is 502. The van der Waals surface area contributed by atoms with Crippen molar-refractivity contribution >= 4 is 22.5 Å². The summed E-state index contributed by atoms with van der Waals surface area (Å²) < 4.78 is 0. The summed E-state index contributed by atoms with van der Waals surface area (Å²) in [6.45, 7) is 4.36. The molecule has 0 N–H and O–H groups in total. The van der Waals surface area contributed by atoms with Gasteiger partial charge in [-0.3, -0.25) is 4.98 Å². The molecule has 2 aromatic rings. The number of pyridine rings is 1. The van der Waals surface area contributed by atoms with Gasteiger partial charge in [0.15, 0.2) is 0 Å². The number of hydrogen-bond donors (Lipinski definition) is 0. The normalized spacial score (nSPS) is 13.1. The number of alkyl halides is 1. The second kappa shape index (κ2) is 6.19. The van der Waals surface area contributed by atoms with Crippen LogP contribution < -0.4 is 0 Å². The Morgan fingerprint density at radius 2 is 1.94 bits per heavy atom.